The maximum atomic E-state index is 8.72. The summed E-state index contributed by atoms with van der Waals surface area (Å²) in [6, 6.07) is 0.701. The highest BCUT2D eigenvalue weighted by molar-refractivity contribution is 7.99. The van der Waals surface area contributed by atoms with E-state index in [0.717, 1.165) is 31.1 Å². The van der Waals surface area contributed by atoms with E-state index in [1.54, 1.807) is 0 Å². The fourth-order valence-corrected chi connectivity index (χ4v) is 3.65. The van der Waals surface area contributed by atoms with Crippen LogP contribution >= 0.6 is 11.8 Å². The van der Waals surface area contributed by atoms with Gasteiger partial charge in [-0.25, -0.2) is 0 Å². The Balaban J connectivity index is 2.14. The molecule has 0 saturated heterocycles. The molecule has 1 saturated carbocycles. The average Bonchev–Trinajstić information content (AvgIpc) is 2.84. The summed E-state index contributed by atoms with van der Waals surface area (Å²) in [6.45, 7) is 5.13. The Morgan fingerprint density at radius 3 is 2.79 bits per heavy atom. The molecule has 112 valence electrons. The van der Waals surface area contributed by atoms with Crippen molar-refractivity contribution < 1.29 is 5.21 Å². The highest BCUT2D eigenvalue weighted by Crippen LogP contribution is 2.28. The lowest BCUT2D eigenvalue weighted by Gasteiger charge is -2.23. The van der Waals surface area contributed by atoms with E-state index in [0.29, 0.717) is 11.9 Å². The molecule has 1 aliphatic carbocycles. The molecule has 1 fully saturated rings. The fourth-order valence-electron chi connectivity index (χ4n) is 2.68. The Morgan fingerprint density at radius 1 is 1.42 bits per heavy atom. The first-order valence-electron chi connectivity index (χ1n) is 7.25. The van der Waals surface area contributed by atoms with Crippen LogP contribution in [0.3, 0.4) is 0 Å². The van der Waals surface area contributed by atoms with Crippen molar-refractivity contribution in [1.29, 1.82) is 0 Å². The van der Waals surface area contributed by atoms with Crippen LogP contribution < -0.4 is 11.1 Å². The van der Waals surface area contributed by atoms with Crippen LogP contribution in [0.15, 0.2) is 5.16 Å². The summed E-state index contributed by atoms with van der Waals surface area (Å²) >= 11 is 1.99. The summed E-state index contributed by atoms with van der Waals surface area (Å²) < 4.78 is 0. The van der Waals surface area contributed by atoms with E-state index in [-0.39, 0.29) is 5.41 Å². The third kappa shape index (κ3) is 5.22. The summed E-state index contributed by atoms with van der Waals surface area (Å²) in [6.07, 6.45) is 9.47. The first-order chi connectivity index (χ1) is 9.01. The second kappa shape index (κ2) is 8.00. The van der Waals surface area contributed by atoms with Crippen LogP contribution in [0.2, 0.25) is 0 Å². The van der Waals surface area contributed by atoms with Crippen molar-refractivity contribution in [2.45, 2.75) is 63.7 Å². The summed E-state index contributed by atoms with van der Waals surface area (Å²) in [5.74, 6) is 0.332. The lowest BCUT2D eigenvalue weighted by atomic mass is 9.86. The van der Waals surface area contributed by atoms with E-state index in [1.807, 2.05) is 25.6 Å². The Morgan fingerprint density at radius 2 is 2.16 bits per heavy atom. The first-order valence-corrected chi connectivity index (χ1v) is 8.54. The lowest BCUT2D eigenvalue weighted by molar-refractivity contribution is 0.304. The van der Waals surface area contributed by atoms with E-state index in [4.69, 9.17) is 10.9 Å². The average molecular weight is 287 g/mol. The maximum absolute atomic E-state index is 8.72. The number of hydrogen-bond donors (Lipinski definition) is 3. The number of nitrogens with two attached hydrogens (primary N) is 1. The van der Waals surface area contributed by atoms with Crippen LogP contribution in [0.5, 0.6) is 0 Å². The van der Waals surface area contributed by atoms with E-state index in [2.05, 4.69) is 16.7 Å². The summed E-state index contributed by atoms with van der Waals surface area (Å²) in [7, 11) is 0. The van der Waals surface area contributed by atoms with Crippen LogP contribution in [-0.4, -0.2) is 35.1 Å². The number of oxime groups is 1. The molecule has 1 aliphatic rings. The van der Waals surface area contributed by atoms with Crippen molar-refractivity contribution >= 4 is 17.6 Å². The van der Waals surface area contributed by atoms with Gasteiger partial charge in [-0.15, -0.1) is 0 Å². The van der Waals surface area contributed by atoms with Crippen molar-refractivity contribution in [2.75, 3.05) is 12.8 Å². The van der Waals surface area contributed by atoms with Crippen LogP contribution in [0.4, 0.5) is 0 Å². The molecule has 0 amide bonds. The van der Waals surface area contributed by atoms with Crippen LogP contribution in [0.1, 0.15) is 52.4 Å². The summed E-state index contributed by atoms with van der Waals surface area (Å²) in [4.78, 5) is 0. The topological polar surface area (TPSA) is 70.6 Å². The highest BCUT2D eigenvalue weighted by Gasteiger charge is 2.26. The minimum Gasteiger partial charge on any atom is -0.409 e. The quantitative estimate of drug-likeness (QED) is 0.211. The third-order valence-electron chi connectivity index (χ3n) is 4.19. The molecule has 0 aromatic carbocycles. The van der Waals surface area contributed by atoms with Gasteiger partial charge in [0.2, 0.25) is 0 Å². The number of amidine groups is 1. The zero-order chi connectivity index (χ0) is 14.3. The molecule has 0 aromatic rings. The highest BCUT2D eigenvalue weighted by atomic mass is 32.2. The molecule has 0 radical (unpaired) electrons. The Labute approximate surface area is 121 Å². The maximum Gasteiger partial charge on any atom is 0.144 e. The molecule has 5 heteroatoms. The molecular weight excluding hydrogens is 258 g/mol. The van der Waals surface area contributed by atoms with Gasteiger partial charge in [-0.2, -0.15) is 11.8 Å². The van der Waals surface area contributed by atoms with Gasteiger partial charge in [0.15, 0.2) is 0 Å². The minimum absolute atomic E-state index is 0.204. The van der Waals surface area contributed by atoms with Crippen molar-refractivity contribution in [1.82, 2.24) is 5.32 Å². The summed E-state index contributed by atoms with van der Waals surface area (Å²) in [5, 5.41) is 16.3. The molecular formula is C14H29N3OS. The number of nitrogens with zero attached hydrogens (tertiary/aromatic N) is 1. The molecule has 0 bridgehead atoms. The zero-order valence-corrected chi connectivity index (χ0v) is 13.3. The summed E-state index contributed by atoms with van der Waals surface area (Å²) in [5.41, 5.74) is 5.48. The lowest BCUT2D eigenvalue weighted by Crippen LogP contribution is -2.35. The van der Waals surface area contributed by atoms with Crippen molar-refractivity contribution in [2.24, 2.45) is 16.3 Å². The van der Waals surface area contributed by atoms with Crippen molar-refractivity contribution in [3.8, 4) is 0 Å². The second-order valence-corrected chi connectivity index (χ2v) is 7.17. The molecule has 2 unspecified atom stereocenters. The molecule has 4 nitrogen and oxygen atoms in total. The predicted octanol–water partition coefficient (Wildman–Crippen LogP) is 2.80. The van der Waals surface area contributed by atoms with Crippen molar-refractivity contribution in [3.63, 3.8) is 0 Å². The molecule has 19 heavy (non-hydrogen) atoms. The number of nitrogens with one attached hydrogen (secondary N) is 1. The molecule has 0 spiro atoms. The van der Waals surface area contributed by atoms with Crippen LogP contribution in [0, 0.1) is 5.41 Å². The Kier molecular flexibility index (Phi) is 7.00. The smallest absolute Gasteiger partial charge is 0.144 e. The van der Waals surface area contributed by atoms with Gasteiger partial charge in [-0.05, 0) is 38.5 Å². The van der Waals surface area contributed by atoms with Gasteiger partial charge >= 0.3 is 0 Å². The Hall–Kier alpha value is -0.420. The fraction of sp³-hybridized carbons (Fsp3) is 0.929. The number of thioether (sulfide) groups is 1. The van der Waals surface area contributed by atoms with Gasteiger partial charge in [-0.1, -0.05) is 31.8 Å². The van der Waals surface area contributed by atoms with Gasteiger partial charge in [0.25, 0.3) is 0 Å². The standard InChI is InChI=1S/C14H29N3OS/c1-14(2,13(15)17-18)9-4-5-10-16-11-7-6-8-12(11)19-3/h11-12,16,18H,4-10H2,1-3H3,(H2,15,17). The molecule has 4 N–H and O–H groups in total. The van der Waals surface area contributed by atoms with Gasteiger partial charge in [0.1, 0.15) is 5.84 Å². The van der Waals surface area contributed by atoms with Crippen LogP contribution in [0.25, 0.3) is 0 Å². The minimum atomic E-state index is -0.204. The van der Waals surface area contributed by atoms with Gasteiger partial charge < -0.3 is 16.3 Å². The van der Waals surface area contributed by atoms with E-state index in [1.165, 1.54) is 19.3 Å². The van der Waals surface area contributed by atoms with E-state index >= 15 is 0 Å². The number of unbranched alkanes of at least 4 members (excludes halogenated alkanes) is 1. The molecule has 0 heterocycles. The van der Waals surface area contributed by atoms with Gasteiger partial charge in [0.05, 0.1) is 0 Å². The monoisotopic (exact) mass is 287 g/mol. The normalized spacial score (nSPS) is 24.9. The largest absolute Gasteiger partial charge is 0.409 e. The Bertz CT molecular complexity index is 294. The molecule has 0 aliphatic heterocycles. The first kappa shape index (κ1) is 16.6. The van der Waals surface area contributed by atoms with Gasteiger partial charge in [-0.3, -0.25) is 0 Å². The molecule has 0 aromatic heterocycles. The number of rotatable bonds is 8. The zero-order valence-electron chi connectivity index (χ0n) is 12.5. The van der Waals surface area contributed by atoms with Gasteiger partial charge in [0, 0.05) is 16.7 Å². The van der Waals surface area contributed by atoms with Crippen molar-refractivity contribution in [3.05, 3.63) is 0 Å². The SMILES string of the molecule is CSC1CCCC1NCCCCC(C)(C)C(N)=NO. The van der Waals surface area contributed by atoms with E-state index in [9.17, 15) is 0 Å². The van der Waals surface area contributed by atoms with Crippen LogP contribution in [-0.2, 0) is 0 Å². The molecule has 1 rings (SSSR count). The second-order valence-electron chi connectivity index (χ2n) is 6.09. The number of hydrogen-bond acceptors (Lipinski definition) is 4. The third-order valence-corrected chi connectivity index (χ3v) is 5.36. The predicted molar refractivity (Wildman–Crippen MR) is 84.0 cm³/mol. The van der Waals surface area contributed by atoms with E-state index < -0.39 is 0 Å². The molecule has 2 atom stereocenters.